The van der Waals surface area contributed by atoms with Crippen LogP contribution >= 0.6 is 0 Å². The minimum Gasteiger partial charge on any atom is -0.466 e. The molecule has 10 nitrogen and oxygen atoms in total. The zero-order valence-electron chi connectivity index (χ0n) is 20.9. The number of hydroxylamine groups is 2. The van der Waals surface area contributed by atoms with Crippen molar-refractivity contribution in [1.29, 1.82) is 0 Å². The molecule has 36 heavy (non-hydrogen) atoms. The molecule has 0 saturated carbocycles. The summed E-state index contributed by atoms with van der Waals surface area (Å²) in [6, 6.07) is 15.2. The molecule has 0 spiro atoms. The first-order valence-electron chi connectivity index (χ1n) is 11.5. The van der Waals surface area contributed by atoms with Crippen molar-refractivity contribution in [3.05, 3.63) is 71.8 Å². The lowest BCUT2D eigenvalue weighted by Crippen LogP contribution is -2.27. The van der Waals surface area contributed by atoms with Crippen molar-refractivity contribution in [3.63, 3.8) is 0 Å². The molecule has 194 valence electrons. The molecule has 2 rings (SSSR count). The molecule has 0 aliphatic heterocycles. The highest BCUT2D eigenvalue weighted by atomic mass is 16.5. The van der Waals surface area contributed by atoms with E-state index in [2.05, 4.69) is 15.4 Å². The van der Waals surface area contributed by atoms with Crippen LogP contribution in [0.4, 0.5) is 16.2 Å². The first-order chi connectivity index (χ1) is 17.3. The number of carbonyl (C=O) groups excluding carboxylic acids is 3. The number of methoxy groups -OCH3 is 1. The van der Waals surface area contributed by atoms with Crippen molar-refractivity contribution in [1.82, 2.24) is 10.4 Å². The number of hydrogen-bond donors (Lipinski definition) is 3. The summed E-state index contributed by atoms with van der Waals surface area (Å²) >= 11 is 0. The monoisotopic (exact) mass is 498 g/mol. The van der Waals surface area contributed by atoms with Crippen LogP contribution in [0.2, 0.25) is 0 Å². The molecule has 0 aliphatic rings. The van der Waals surface area contributed by atoms with E-state index in [0.29, 0.717) is 30.3 Å². The van der Waals surface area contributed by atoms with Crippen LogP contribution in [0.15, 0.2) is 60.7 Å². The minimum absolute atomic E-state index is 0.162. The van der Waals surface area contributed by atoms with Crippen molar-refractivity contribution in [2.45, 2.75) is 26.0 Å². The van der Waals surface area contributed by atoms with E-state index >= 15 is 0 Å². The lowest BCUT2D eigenvalue weighted by molar-refractivity contribution is -0.159. The molecule has 0 heterocycles. The van der Waals surface area contributed by atoms with E-state index < -0.39 is 18.0 Å². The summed E-state index contributed by atoms with van der Waals surface area (Å²) in [6.07, 6.45) is 2.77. The highest BCUT2D eigenvalue weighted by Gasteiger charge is 2.08. The summed E-state index contributed by atoms with van der Waals surface area (Å²) in [7, 11) is 5.11. The van der Waals surface area contributed by atoms with Crippen LogP contribution in [-0.4, -0.2) is 62.5 Å². The van der Waals surface area contributed by atoms with Crippen LogP contribution in [0.5, 0.6) is 0 Å². The van der Waals surface area contributed by atoms with Gasteiger partial charge < -0.3 is 19.7 Å². The largest absolute Gasteiger partial charge is 0.466 e. The second kappa shape index (κ2) is 15.2. The zero-order valence-corrected chi connectivity index (χ0v) is 20.9. The molecule has 2 amide bonds. The van der Waals surface area contributed by atoms with Crippen LogP contribution in [0.25, 0.3) is 0 Å². The molecule has 2 aromatic carbocycles. The van der Waals surface area contributed by atoms with Gasteiger partial charge in [0.1, 0.15) is 6.61 Å². The van der Waals surface area contributed by atoms with Gasteiger partial charge in [-0.25, -0.2) is 14.7 Å². The van der Waals surface area contributed by atoms with Gasteiger partial charge in [0.05, 0.1) is 7.11 Å². The maximum Gasteiger partial charge on any atom is 0.411 e. The predicted octanol–water partition coefficient (Wildman–Crippen LogP) is 3.32. The third kappa shape index (κ3) is 10.6. The Morgan fingerprint density at radius 2 is 1.61 bits per heavy atom. The van der Waals surface area contributed by atoms with Gasteiger partial charge in [-0.3, -0.25) is 15.3 Å². The van der Waals surface area contributed by atoms with Crippen molar-refractivity contribution in [3.8, 4) is 0 Å². The maximum absolute atomic E-state index is 12.0. The van der Waals surface area contributed by atoms with Crippen molar-refractivity contribution < 1.29 is 29.1 Å². The highest BCUT2D eigenvalue weighted by molar-refractivity contribution is 5.93. The number of unbranched alkanes of at least 4 members (excludes halogenated alkanes) is 1. The third-order valence-corrected chi connectivity index (χ3v) is 5.14. The fourth-order valence-electron chi connectivity index (χ4n) is 3.05. The summed E-state index contributed by atoms with van der Waals surface area (Å²) in [6.45, 7) is 1.70. The van der Waals surface area contributed by atoms with Gasteiger partial charge in [0, 0.05) is 50.7 Å². The number of esters is 1. The Labute approximate surface area is 211 Å². The molecule has 0 radical (unpaired) electrons. The number of nitrogens with one attached hydrogen (secondary N) is 2. The first-order valence-corrected chi connectivity index (χ1v) is 11.5. The lowest BCUT2D eigenvalue weighted by Gasteiger charge is -2.13. The molecule has 10 heteroatoms. The molecule has 0 unspecified atom stereocenters. The van der Waals surface area contributed by atoms with Gasteiger partial charge in [-0.15, -0.1) is 0 Å². The van der Waals surface area contributed by atoms with E-state index in [9.17, 15) is 19.6 Å². The predicted molar refractivity (Wildman–Crippen MR) is 137 cm³/mol. The van der Waals surface area contributed by atoms with Gasteiger partial charge in [0.2, 0.25) is 0 Å². The van der Waals surface area contributed by atoms with E-state index in [-0.39, 0.29) is 13.2 Å². The van der Waals surface area contributed by atoms with Gasteiger partial charge in [0.25, 0.3) is 5.91 Å². The van der Waals surface area contributed by atoms with Crippen LogP contribution in [-0.2, 0) is 32.2 Å². The van der Waals surface area contributed by atoms with E-state index in [0.717, 1.165) is 35.4 Å². The Kier molecular flexibility index (Phi) is 12.0. The van der Waals surface area contributed by atoms with E-state index in [1.54, 1.807) is 0 Å². The van der Waals surface area contributed by atoms with Crippen LogP contribution < -0.4 is 15.5 Å². The molecular formula is C26H34N4O6. The molecule has 2 aromatic rings. The number of hydrogen-bond acceptors (Lipinski definition) is 8. The average Bonchev–Trinajstić information content (AvgIpc) is 2.88. The quantitative estimate of drug-likeness (QED) is 0.126. The van der Waals surface area contributed by atoms with Crippen molar-refractivity contribution in [2.24, 2.45) is 0 Å². The molecule has 0 saturated heterocycles. The molecule has 0 atom stereocenters. The molecule has 0 bridgehead atoms. The zero-order chi connectivity index (χ0) is 26.3. The number of anilines is 2. The average molecular weight is 499 g/mol. The van der Waals surface area contributed by atoms with Crippen LogP contribution in [0.1, 0.15) is 24.0 Å². The summed E-state index contributed by atoms with van der Waals surface area (Å²) in [5.41, 5.74) is 3.67. The Hall–Kier alpha value is -3.89. The Morgan fingerprint density at radius 1 is 0.944 bits per heavy atom. The second-order valence-electron chi connectivity index (χ2n) is 8.16. The van der Waals surface area contributed by atoms with Crippen LogP contribution in [0, 0.1) is 0 Å². The fraction of sp³-hybridized carbons (Fsp3) is 0.346. The number of rotatable bonds is 13. The molecule has 0 aromatic heterocycles. The lowest BCUT2D eigenvalue weighted by atomic mass is 10.1. The van der Waals surface area contributed by atoms with Crippen molar-refractivity contribution >= 4 is 29.3 Å². The Bertz CT molecular complexity index is 1010. The van der Waals surface area contributed by atoms with E-state index in [1.165, 1.54) is 7.11 Å². The van der Waals surface area contributed by atoms with E-state index in [4.69, 9.17) is 4.74 Å². The summed E-state index contributed by atoms with van der Waals surface area (Å²) in [4.78, 5) is 36.6. The number of nitrogens with zero attached hydrogens (tertiary/aromatic N) is 2. The second-order valence-corrected chi connectivity index (χ2v) is 8.16. The SMILES string of the molecule is COC(=O)/C=C/C(=O)N(O)CCCCNCc1ccc(COC(=O)Nc2ccc(N(C)C)cc2)cc1. The van der Waals surface area contributed by atoms with Crippen molar-refractivity contribution in [2.75, 3.05) is 44.5 Å². The summed E-state index contributed by atoms with van der Waals surface area (Å²) in [5, 5.41) is 16.3. The maximum atomic E-state index is 12.0. The Balaban J connectivity index is 1.60. The van der Waals surface area contributed by atoms with Gasteiger partial charge in [0.15, 0.2) is 0 Å². The first kappa shape index (κ1) is 28.3. The molecular weight excluding hydrogens is 464 g/mol. The van der Waals surface area contributed by atoms with Gasteiger partial charge in [-0.2, -0.15) is 0 Å². The normalized spacial score (nSPS) is 10.7. The standard InChI is InChI=1S/C26H34N4O6/c1-29(2)23-12-10-22(11-13-23)28-26(33)36-19-21-8-6-20(7-9-21)18-27-16-4-5-17-30(34)24(31)14-15-25(32)35-3/h6-15,27,34H,4-5,16-19H2,1-3H3,(H,28,33)/b15-14+. The third-order valence-electron chi connectivity index (χ3n) is 5.14. The summed E-state index contributed by atoms with van der Waals surface area (Å²) in [5.74, 6) is -1.33. The van der Waals surface area contributed by atoms with Gasteiger partial charge in [-0.1, -0.05) is 24.3 Å². The van der Waals surface area contributed by atoms with Crippen LogP contribution in [0.3, 0.4) is 0 Å². The minimum atomic E-state index is -0.673. The number of ether oxygens (including phenoxy) is 2. The topological polar surface area (TPSA) is 120 Å². The fourth-order valence-corrected chi connectivity index (χ4v) is 3.05. The number of benzene rings is 2. The molecule has 3 N–H and O–H groups in total. The number of carbonyl (C=O) groups is 3. The number of amides is 2. The van der Waals surface area contributed by atoms with E-state index in [1.807, 2.05) is 67.5 Å². The molecule has 0 fully saturated rings. The van der Waals surface area contributed by atoms with Gasteiger partial charge >= 0.3 is 12.1 Å². The smallest absolute Gasteiger partial charge is 0.411 e. The highest BCUT2D eigenvalue weighted by Crippen LogP contribution is 2.16. The molecule has 0 aliphatic carbocycles. The Morgan fingerprint density at radius 3 is 2.25 bits per heavy atom. The summed E-state index contributed by atoms with van der Waals surface area (Å²) < 4.78 is 9.68. The van der Waals surface area contributed by atoms with Gasteiger partial charge in [-0.05, 0) is 54.8 Å².